The molecule has 0 bridgehead atoms. The lowest BCUT2D eigenvalue weighted by Gasteiger charge is -2.07. The Kier molecular flexibility index (Phi) is 7.49. The minimum Gasteiger partial charge on any atom is -0.441 e. The summed E-state index contributed by atoms with van der Waals surface area (Å²) < 4.78 is 58.5. The van der Waals surface area contributed by atoms with E-state index in [-0.39, 0.29) is 48.3 Å². The van der Waals surface area contributed by atoms with Crippen LogP contribution >= 0.6 is 0 Å². The fourth-order valence-electron chi connectivity index (χ4n) is 2.82. The first kappa shape index (κ1) is 23.3. The number of hydrogen-bond acceptors (Lipinski definition) is 5. The highest BCUT2D eigenvalue weighted by atomic mass is 32.2. The molecule has 1 aromatic heterocycles. The molecule has 0 unspecified atom stereocenters. The van der Waals surface area contributed by atoms with Crippen molar-refractivity contribution in [3.05, 3.63) is 84.4 Å². The summed E-state index contributed by atoms with van der Waals surface area (Å²) in [5, 5.41) is 2.70. The minimum absolute atomic E-state index is 0.0630. The maximum absolute atomic E-state index is 13.8. The van der Waals surface area contributed by atoms with E-state index in [1.54, 1.807) is 24.3 Å². The van der Waals surface area contributed by atoms with Crippen LogP contribution in [0, 0.1) is 11.6 Å². The molecule has 0 atom stereocenters. The molecule has 3 rings (SSSR count). The van der Waals surface area contributed by atoms with Crippen LogP contribution in [0.1, 0.15) is 17.9 Å². The summed E-state index contributed by atoms with van der Waals surface area (Å²) in [4.78, 5) is 16.2. The number of amides is 1. The van der Waals surface area contributed by atoms with Crippen molar-refractivity contribution >= 4 is 21.6 Å². The number of nitrogens with one attached hydrogen (secondary N) is 2. The van der Waals surface area contributed by atoms with E-state index >= 15 is 0 Å². The number of carbonyl (C=O) groups is 1. The van der Waals surface area contributed by atoms with Crippen LogP contribution in [-0.2, 0) is 27.0 Å². The molecule has 0 saturated heterocycles. The third-order valence-electron chi connectivity index (χ3n) is 4.36. The molecule has 0 saturated carbocycles. The number of oxazole rings is 1. The lowest BCUT2D eigenvalue weighted by Crippen LogP contribution is -2.25. The van der Waals surface area contributed by atoms with Gasteiger partial charge in [-0.05, 0) is 29.8 Å². The smallest absolute Gasteiger partial charge is 0.224 e. The number of aromatic nitrogens is 1. The highest BCUT2D eigenvalue weighted by Gasteiger charge is 2.14. The molecule has 2 aromatic carbocycles. The first-order chi connectivity index (χ1) is 15.3. The molecule has 2 N–H and O–H groups in total. The summed E-state index contributed by atoms with van der Waals surface area (Å²) in [7, 11) is -3.46. The van der Waals surface area contributed by atoms with Gasteiger partial charge in [0.1, 0.15) is 11.6 Å². The monoisotopic (exact) mass is 461 g/mol. The lowest BCUT2D eigenvalue weighted by molar-refractivity contribution is -0.116. The molecule has 0 aliphatic carbocycles. The van der Waals surface area contributed by atoms with Crippen molar-refractivity contribution in [1.82, 2.24) is 9.71 Å². The van der Waals surface area contributed by atoms with E-state index in [0.717, 1.165) is 12.1 Å². The minimum atomic E-state index is -3.46. The highest BCUT2D eigenvalue weighted by molar-refractivity contribution is 7.88. The van der Waals surface area contributed by atoms with Gasteiger partial charge >= 0.3 is 0 Å². The molecule has 7 nitrogen and oxygen atoms in total. The third-order valence-corrected chi connectivity index (χ3v) is 5.68. The van der Waals surface area contributed by atoms with Gasteiger partial charge in [-0.2, -0.15) is 0 Å². The molecular formula is C22H21F2N3O4S. The predicted octanol–water partition coefficient (Wildman–Crippen LogP) is 3.80. The van der Waals surface area contributed by atoms with Crippen molar-refractivity contribution in [2.75, 3.05) is 11.9 Å². The summed E-state index contributed by atoms with van der Waals surface area (Å²) in [6, 6.07) is 9.57. The van der Waals surface area contributed by atoms with Crippen LogP contribution < -0.4 is 10.0 Å². The Bertz CT molecular complexity index is 1210. The Morgan fingerprint density at radius 2 is 1.91 bits per heavy atom. The molecule has 0 aliphatic heterocycles. The van der Waals surface area contributed by atoms with E-state index in [2.05, 4.69) is 21.6 Å². The Labute approximate surface area is 184 Å². The number of nitrogens with zero attached hydrogens (tertiary/aromatic N) is 1. The second-order valence-electron chi connectivity index (χ2n) is 6.88. The molecule has 0 fully saturated rings. The molecule has 10 heteroatoms. The van der Waals surface area contributed by atoms with Crippen LogP contribution in [0.4, 0.5) is 14.5 Å². The first-order valence-corrected chi connectivity index (χ1v) is 11.3. The van der Waals surface area contributed by atoms with Gasteiger partial charge in [-0.15, -0.1) is 6.58 Å². The van der Waals surface area contributed by atoms with Crippen LogP contribution in [0.3, 0.4) is 0 Å². The fourth-order valence-corrected chi connectivity index (χ4v) is 3.93. The quantitative estimate of drug-likeness (QED) is 0.447. The topological polar surface area (TPSA) is 101 Å². The van der Waals surface area contributed by atoms with Gasteiger partial charge < -0.3 is 9.73 Å². The van der Waals surface area contributed by atoms with E-state index in [9.17, 15) is 22.0 Å². The number of hydrogen-bond donors (Lipinski definition) is 2. The van der Waals surface area contributed by atoms with Crippen molar-refractivity contribution in [2.45, 2.75) is 18.6 Å². The Morgan fingerprint density at radius 1 is 1.16 bits per heavy atom. The molecule has 0 radical (unpaired) electrons. The maximum Gasteiger partial charge on any atom is 0.224 e. The largest absolute Gasteiger partial charge is 0.441 e. The average Bonchev–Trinajstić information content (AvgIpc) is 3.21. The number of halogens is 2. The molecular weight excluding hydrogens is 440 g/mol. The number of benzene rings is 2. The summed E-state index contributed by atoms with van der Waals surface area (Å²) in [6.45, 7) is 3.62. The van der Waals surface area contributed by atoms with Crippen LogP contribution in [0.2, 0.25) is 0 Å². The SMILES string of the molecule is C=CCNS(=O)(=O)Cc1ccc(NC(=O)CCc2ncc(-c3ccc(F)cc3F)o2)cc1. The zero-order valence-electron chi connectivity index (χ0n) is 17.0. The van der Waals surface area contributed by atoms with E-state index in [0.29, 0.717) is 11.3 Å². The zero-order valence-corrected chi connectivity index (χ0v) is 17.8. The van der Waals surface area contributed by atoms with Crippen molar-refractivity contribution in [3.63, 3.8) is 0 Å². The van der Waals surface area contributed by atoms with E-state index < -0.39 is 21.7 Å². The third kappa shape index (κ3) is 6.56. The van der Waals surface area contributed by atoms with Crippen molar-refractivity contribution in [3.8, 4) is 11.3 Å². The van der Waals surface area contributed by atoms with Gasteiger partial charge in [0.25, 0.3) is 0 Å². The summed E-state index contributed by atoms with van der Waals surface area (Å²) in [5.41, 5.74) is 1.16. The second kappa shape index (κ2) is 10.3. The summed E-state index contributed by atoms with van der Waals surface area (Å²) >= 11 is 0. The molecule has 168 valence electrons. The zero-order chi connectivity index (χ0) is 23.1. The van der Waals surface area contributed by atoms with Gasteiger partial charge in [0.15, 0.2) is 11.7 Å². The van der Waals surface area contributed by atoms with E-state index in [1.165, 1.54) is 18.3 Å². The summed E-state index contributed by atoms with van der Waals surface area (Å²) in [6.07, 6.45) is 3.02. The van der Waals surface area contributed by atoms with Gasteiger partial charge in [0.05, 0.1) is 17.5 Å². The molecule has 1 heterocycles. The normalized spacial score (nSPS) is 11.3. The molecule has 32 heavy (non-hydrogen) atoms. The van der Waals surface area contributed by atoms with E-state index in [4.69, 9.17) is 4.42 Å². The van der Waals surface area contributed by atoms with Gasteiger partial charge in [-0.1, -0.05) is 18.2 Å². The average molecular weight is 461 g/mol. The van der Waals surface area contributed by atoms with Crippen molar-refractivity contribution in [2.24, 2.45) is 0 Å². The van der Waals surface area contributed by atoms with Crippen molar-refractivity contribution in [1.29, 1.82) is 0 Å². The second-order valence-corrected chi connectivity index (χ2v) is 8.69. The number of rotatable bonds is 10. The standard InChI is InChI=1S/C22H21F2N3O4S/c1-2-11-26-32(29,30)14-15-3-6-17(7-4-15)27-21(28)9-10-22-25-13-20(31-22)18-8-5-16(23)12-19(18)24/h2-8,12-13,26H,1,9-11,14H2,(H,27,28). The lowest BCUT2D eigenvalue weighted by atomic mass is 10.2. The first-order valence-electron chi connectivity index (χ1n) is 9.63. The summed E-state index contributed by atoms with van der Waals surface area (Å²) in [5.74, 6) is -1.56. The Balaban J connectivity index is 1.52. The molecule has 0 aliphatic rings. The van der Waals surface area contributed by atoms with Gasteiger partial charge in [-0.3, -0.25) is 4.79 Å². The van der Waals surface area contributed by atoms with Gasteiger partial charge in [0.2, 0.25) is 15.9 Å². The number of sulfonamides is 1. The molecule has 0 spiro atoms. The number of anilines is 1. The maximum atomic E-state index is 13.8. The number of aryl methyl sites for hydroxylation is 1. The van der Waals surface area contributed by atoms with E-state index in [1.807, 2.05) is 0 Å². The van der Waals surface area contributed by atoms with Crippen LogP contribution in [0.5, 0.6) is 0 Å². The van der Waals surface area contributed by atoms with Crippen LogP contribution in [-0.4, -0.2) is 25.9 Å². The predicted molar refractivity (Wildman–Crippen MR) is 116 cm³/mol. The van der Waals surface area contributed by atoms with Crippen LogP contribution in [0.15, 0.2) is 65.7 Å². The molecule has 3 aromatic rings. The highest BCUT2D eigenvalue weighted by Crippen LogP contribution is 2.24. The number of carbonyl (C=O) groups excluding carboxylic acids is 1. The fraction of sp³-hybridized carbons (Fsp3) is 0.182. The Hall–Kier alpha value is -3.37. The van der Waals surface area contributed by atoms with Crippen LogP contribution in [0.25, 0.3) is 11.3 Å². The van der Waals surface area contributed by atoms with Gasteiger partial charge in [-0.25, -0.2) is 26.9 Å². The Morgan fingerprint density at radius 3 is 2.59 bits per heavy atom. The van der Waals surface area contributed by atoms with Crippen molar-refractivity contribution < 1.29 is 26.4 Å². The van der Waals surface area contributed by atoms with Gasteiger partial charge in [0, 0.05) is 31.1 Å². The molecule has 1 amide bonds.